The molecule has 3 aromatic rings. The number of para-hydroxylation sites is 1. The molecule has 6 heteroatoms. The minimum absolute atomic E-state index is 0.165. The molecule has 0 saturated carbocycles. The molecule has 1 amide bonds. The first-order chi connectivity index (χ1) is 13.3. The van der Waals surface area contributed by atoms with E-state index in [1.54, 1.807) is 12.1 Å². The summed E-state index contributed by atoms with van der Waals surface area (Å²) in [5.41, 5.74) is 3.65. The van der Waals surface area contributed by atoms with Crippen molar-refractivity contribution in [2.45, 2.75) is 26.7 Å². The van der Waals surface area contributed by atoms with Gasteiger partial charge in [-0.1, -0.05) is 38.1 Å². The Morgan fingerprint density at radius 2 is 1.89 bits per heavy atom. The zero-order valence-electron chi connectivity index (χ0n) is 16.0. The van der Waals surface area contributed by atoms with Crippen molar-refractivity contribution in [2.75, 3.05) is 11.9 Å². The van der Waals surface area contributed by atoms with E-state index in [4.69, 9.17) is 4.74 Å². The maximum absolute atomic E-state index is 12.7. The quantitative estimate of drug-likeness (QED) is 0.551. The number of benzene rings is 2. The molecule has 1 N–H and O–H groups in total. The van der Waals surface area contributed by atoms with Crippen LogP contribution in [0.1, 0.15) is 41.4 Å². The molecule has 2 aromatic carbocycles. The Bertz CT molecular complexity index is 1050. The number of amides is 1. The summed E-state index contributed by atoms with van der Waals surface area (Å²) in [6, 6.07) is 14.7. The summed E-state index contributed by atoms with van der Waals surface area (Å²) >= 11 is 3.41. The number of aromatic nitrogens is 1. The van der Waals surface area contributed by atoms with Crippen molar-refractivity contribution in [1.82, 2.24) is 4.98 Å². The second-order valence-corrected chi connectivity index (χ2v) is 7.73. The number of rotatable bonds is 5. The number of pyridine rings is 1. The zero-order chi connectivity index (χ0) is 20.3. The van der Waals surface area contributed by atoms with Gasteiger partial charge in [0, 0.05) is 15.6 Å². The maximum Gasteiger partial charge on any atom is 0.339 e. The summed E-state index contributed by atoms with van der Waals surface area (Å²) in [6.07, 6.45) is 0. The average molecular weight is 441 g/mol. The first-order valence-corrected chi connectivity index (χ1v) is 9.77. The molecule has 0 radical (unpaired) electrons. The van der Waals surface area contributed by atoms with Gasteiger partial charge in [-0.05, 0) is 58.6 Å². The fourth-order valence-corrected chi connectivity index (χ4v) is 3.37. The number of hydrogen-bond acceptors (Lipinski definition) is 4. The highest BCUT2D eigenvalue weighted by Gasteiger charge is 2.17. The van der Waals surface area contributed by atoms with Crippen molar-refractivity contribution < 1.29 is 14.3 Å². The van der Waals surface area contributed by atoms with Crippen molar-refractivity contribution in [3.8, 4) is 0 Å². The monoisotopic (exact) mass is 440 g/mol. The molecule has 1 aromatic heterocycles. The van der Waals surface area contributed by atoms with Gasteiger partial charge in [0.25, 0.3) is 5.91 Å². The Balaban J connectivity index is 1.75. The number of carbonyl (C=O) groups is 2. The van der Waals surface area contributed by atoms with Gasteiger partial charge in [-0.15, -0.1) is 0 Å². The Labute approximate surface area is 172 Å². The Morgan fingerprint density at radius 3 is 2.61 bits per heavy atom. The van der Waals surface area contributed by atoms with Crippen LogP contribution in [0.3, 0.4) is 0 Å². The van der Waals surface area contributed by atoms with Gasteiger partial charge in [-0.25, -0.2) is 4.79 Å². The maximum atomic E-state index is 12.7. The van der Waals surface area contributed by atoms with Crippen molar-refractivity contribution in [1.29, 1.82) is 0 Å². The number of aryl methyl sites for hydroxylation is 1. The molecule has 28 heavy (non-hydrogen) atoms. The molecule has 0 fully saturated rings. The molecule has 0 spiro atoms. The Hall–Kier alpha value is -2.73. The molecule has 0 aliphatic carbocycles. The van der Waals surface area contributed by atoms with Crippen LogP contribution in [-0.2, 0) is 9.53 Å². The molecule has 0 unspecified atom stereocenters. The fourth-order valence-electron chi connectivity index (χ4n) is 2.78. The summed E-state index contributed by atoms with van der Waals surface area (Å²) < 4.78 is 6.05. The van der Waals surface area contributed by atoms with Crippen molar-refractivity contribution in [3.63, 3.8) is 0 Å². The largest absolute Gasteiger partial charge is 0.452 e. The second-order valence-electron chi connectivity index (χ2n) is 6.87. The number of esters is 1. The minimum Gasteiger partial charge on any atom is -0.452 e. The van der Waals surface area contributed by atoms with Gasteiger partial charge in [0.1, 0.15) is 0 Å². The molecule has 0 bridgehead atoms. The second kappa shape index (κ2) is 8.52. The Kier molecular flexibility index (Phi) is 6.09. The van der Waals surface area contributed by atoms with E-state index in [1.165, 1.54) is 0 Å². The van der Waals surface area contributed by atoms with Crippen LogP contribution in [0.2, 0.25) is 0 Å². The summed E-state index contributed by atoms with van der Waals surface area (Å²) in [4.78, 5) is 29.5. The molecular formula is C22H21BrN2O3. The predicted octanol–water partition coefficient (Wildman–Crippen LogP) is 5.22. The SMILES string of the molecule is Cc1ccc(NC(=O)COC(=O)c2cc(C(C)C)nc3ccccc23)c(Br)c1. The summed E-state index contributed by atoms with van der Waals surface area (Å²) in [5, 5.41) is 3.44. The third-order valence-electron chi connectivity index (χ3n) is 4.28. The standard InChI is InChI=1S/C22H21BrN2O3/c1-13(2)20-11-16(15-6-4-5-7-18(15)24-20)22(27)28-12-21(26)25-19-9-8-14(3)10-17(19)23/h4-11,13H,12H2,1-3H3,(H,25,26). The summed E-state index contributed by atoms with van der Waals surface area (Å²) in [5.74, 6) is -0.780. The van der Waals surface area contributed by atoms with E-state index >= 15 is 0 Å². The minimum atomic E-state index is -0.543. The zero-order valence-corrected chi connectivity index (χ0v) is 17.5. The lowest BCUT2D eigenvalue weighted by atomic mass is 10.0. The first-order valence-electron chi connectivity index (χ1n) is 8.98. The molecule has 0 saturated heterocycles. The van der Waals surface area contributed by atoms with E-state index in [9.17, 15) is 9.59 Å². The highest BCUT2D eigenvalue weighted by Crippen LogP contribution is 2.24. The third kappa shape index (κ3) is 4.57. The molecule has 0 aliphatic rings. The molecule has 3 rings (SSSR count). The van der Waals surface area contributed by atoms with Crippen molar-refractivity contribution in [3.05, 3.63) is 69.8 Å². The number of anilines is 1. The van der Waals surface area contributed by atoms with E-state index in [2.05, 4.69) is 26.2 Å². The van der Waals surface area contributed by atoms with Crippen LogP contribution < -0.4 is 5.32 Å². The number of halogens is 1. The van der Waals surface area contributed by atoms with Gasteiger partial charge >= 0.3 is 5.97 Å². The average Bonchev–Trinajstić information content (AvgIpc) is 2.67. The highest BCUT2D eigenvalue weighted by molar-refractivity contribution is 9.10. The lowest BCUT2D eigenvalue weighted by Gasteiger charge is -2.12. The number of nitrogens with zero attached hydrogens (tertiary/aromatic N) is 1. The Morgan fingerprint density at radius 1 is 1.14 bits per heavy atom. The fraction of sp³-hybridized carbons (Fsp3) is 0.227. The first kappa shape index (κ1) is 20.0. The number of nitrogens with one attached hydrogen (secondary N) is 1. The molecule has 144 valence electrons. The molecule has 1 heterocycles. The highest BCUT2D eigenvalue weighted by atomic mass is 79.9. The molecule has 5 nitrogen and oxygen atoms in total. The van der Waals surface area contributed by atoms with E-state index in [0.29, 0.717) is 16.6 Å². The van der Waals surface area contributed by atoms with E-state index in [0.717, 1.165) is 21.2 Å². The van der Waals surface area contributed by atoms with Crippen molar-refractivity contribution >= 4 is 44.4 Å². The third-order valence-corrected chi connectivity index (χ3v) is 4.94. The smallest absolute Gasteiger partial charge is 0.339 e. The van der Waals surface area contributed by atoms with Gasteiger partial charge in [0.2, 0.25) is 0 Å². The number of carbonyl (C=O) groups excluding carboxylic acids is 2. The number of fused-ring (bicyclic) bond motifs is 1. The van der Waals surface area contributed by atoms with Gasteiger partial charge in [0.05, 0.1) is 16.8 Å². The van der Waals surface area contributed by atoms with Crippen LogP contribution in [0.5, 0.6) is 0 Å². The van der Waals surface area contributed by atoms with Crippen LogP contribution in [0.25, 0.3) is 10.9 Å². The topological polar surface area (TPSA) is 68.3 Å². The van der Waals surface area contributed by atoms with Crippen LogP contribution in [0, 0.1) is 6.92 Å². The molecule has 0 aliphatic heterocycles. The summed E-state index contributed by atoms with van der Waals surface area (Å²) in [6.45, 7) is 5.62. The van der Waals surface area contributed by atoms with Gasteiger partial charge in [-0.3, -0.25) is 9.78 Å². The van der Waals surface area contributed by atoms with E-state index < -0.39 is 11.9 Å². The van der Waals surface area contributed by atoms with Crippen LogP contribution in [0.15, 0.2) is 53.0 Å². The van der Waals surface area contributed by atoms with Gasteiger partial charge in [-0.2, -0.15) is 0 Å². The van der Waals surface area contributed by atoms with Crippen molar-refractivity contribution in [2.24, 2.45) is 0 Å². The van der Waals surface area contributed by atoms with Gasteiger partial charge < -0.3 is 10.1 Å². The summed E-state index contributed by atoms with van der Waals surface area (Å²) in [7, 11) is 0. The van der Waals surface area contributed by atoms with Gasteiger partial charge in [0.15, 0.2) is 6.61 Å². The number of ether oxygens (including phenoxy) is 1. The number of hydrogen-bond donors (Lipinski definition) is 1. The van der Waals surface area contributed by atoms with Crippen LogP contribution in [0.4, 0.5) is 5.69 Å². The lowest BCUT2D eigenvalue weighted by Crippen LogP contribution is -2.21. The van der Waals surface area contributed by atoms with Crippen LogP contribution >= 0.6 is 15.9 Å². The lowest BCUT2D eigenvalue weighted by molar-refractivity contribution is -0.119. The van der Waals surface area contributed by atoms with Crippen LogP contribution in [-0.4, -0.2) is 23.5 Å². The van der Waals surface area contributed by atoms with E-state index in [-0.39, 0.29) is 12.5 Å². The molecular weight excluding hydrogens is 420 g/mol. The molecule has 0 atom stereocenters. The predicted molar refractivity (Wildman–Crippen MR) is 114 cm³/mol. The van der Waals surface area contributed by atoms with E-state index in [1.807, 2.05) is 57.2 Å². The normalized spacial score (nSPS) is 10.9.